The number of rotatable bonds is 6. The Hall–Kier alpha value is -2.40. The average Bonchev–Trinajstić information content (AvgIpc) is 2.58. The van der Waals surface area contributed by atoms with Crippen LogP contribution < -0.4 is 10.6 Å². The fraction of sp³-hybridized carbons (Fsp3) is 0.400. The van der Waals surface area contributed by atoms with E-state index in [2.05, 4.69) is 35.5 Å². The predicted molar refractivity (Wildman–Crippen MR) is 99.5 cm³/mol. The fourth-order valence-electron chi connectivity index (χ4n) is 2.78. The van der Waals surface area contributed by atoms with Crippen LogP contribution in [-0.2, 0) is 5.41 Å². The Labute approximate surface area is 149 Å². The molecule has 5 nitrogen and oxygen atoms in total. The number of amides is 2. The van der Waals surface area contributed by atoms with Crippen molar-refractivity contribution in [2.24, 2.45) is 0 Å². The van der Waals surface area contributed by atoms with Crippen molar-refractivity contribution in [1.29, 1.82) is 0 Å². The van der Waals surface area contributed by atoms with E-state index in [1.165, 1.54) is 0 Å². The van der Waals surface area contributed by atoms with Crippen LogP contribution in [0, 0.1) is 13.8 Å². The summed E-state index contributed by atoms with van der Waals surface area (Å²) in [4.78, 5) is 16.1. The maximum Gasteiger partial charge on any atom is 0.314 e. The minimum atomic E-state index is -0.724. The molecule has 0 aliphatic rings. The van der Waals surface area contributed by atoms with Crippen molar-refractivity contribution in [3.8, 4) is 0 Å². The number of urea groups is 1. The highest BCUT2D eigenvalue weighted by Gasteiger charge is 2.21. The molecule has 1 unspecified atom stereocenters. The first-order valence-electron chi connectivity index (χ1n) is 8.46. The number of hydrogen-bond acceptors (Lipinski definition) is 3. The Balaban J connectivity index is 1.84. The molecular formula is C20H27N3O2. The zero-order chi connectivity index (χ0) is 18.4. The molecule has 0 spiro atoms. The number of aliphatic hydroxyl groups excluding tert-OH is 1. The molecule has 0 aliphatic carbocycles. The molecule has 0 radical (unpaired) electrons. The van der Waals surface area contributed by atoms with E-state index in [9.17, 15) is 9.90 Å². The van der Waals surface area contributed by atoms with Gasteiger partial charge >= 0.3 is 6.03 Å². The van der Waals surface area contributed by atoms with Gasteiger partial charge in [0, 0.05) is 30.9 Å². The van der Waals surface area contributed by atoms with Gasteiger partial charge in [-0.25, -0.2) is 4.79 Å². The van der Waals surface area contributed by atoms with Gasteiger partial charge < -0.3 is 15.7 Å². The number of pyridine rings is 1. The third-order valence-electron chi connectivity index (χ3n) is 4.24. The zero-order valence-corrected chi connectivity index (χ0v) is 15.3. The smallest absolute Gasteiger partial charge is 0.314 e. The van der Waals surface area contributed by atoms with E-state index in [1.807, 2.05) is 38.1 Å². The molecule has 5 heteroatoms. The third kappa shape index (κ3) is 5.57. The van der Waals surface area contributed by atoms with Crippen molar-refractivity contribution in [2.45, 2.75) is 39.2 Å². The van der Waals surface area contributed by atoms with Crippen molar-refractivity contribution in [3.63, 3.8) is 0 Å². The number of carbonyl (C=O) groups excluding carboxylic acids is 1. The number of aliphatic hydroxyl groups is 1. The molecule has 2 aromatic rings. The molecule has 1 atom stereocenters. The summed E-state index contributed by atoms with van der Waals surface area (Å²) in [6.45, 7) is 8.77. The van der Waals surface area contributed by atoms with Crippen LogP contribution in [0.2, 0.25) is 0 Å². The Morgan fingerprint density at radius 3 is 2.32 bits per heavy atom. The maximum atomic E-state index is 12.0. The van der Waals surface area contributed by atoms with Crippen molar-refractivity contribution < 1.29 is 9.90 Å². The van der Waals surface area contributed by atoms with E-state index >= 15 is 0 Å². The van der Waals surface area contributed by atoms with Crippen LogP contribution in [0.1, 0.15) is 42.2 Å². The van der Waals surface area contributed by atoms with Crippen LogP contribution in [0.5, 0.6) is 0 Å². The molecule has 1 heterocycles. The van der Waals surface area contributed by atoms with Gasteiger partial charge in [0.05, 0.1) is 6.10 Å². The third-order valence-corrected chi connectivity index (χ3v) is 4.24. The Morgan fingerprint density at radius 1 is 1.12 bits per heavy atom. The molecule has 0 aliphatic heterocycles. The van der Waals surface area contributed by atoms with Crippen molar-refractivity contribution in [2.75, 3.05) is 13.1 Å². The second kappa shape index (κ2) is 8.12. The van der Waals surface area contributed by atoms with Crippen LogP contribution in [0.4, 0.5) is 4.79 Å². The van der Waals surface area contributed by atoms with E-state index in [-0.39, 0.29) is 18.0 Å². The first-order valence-corrected chi connectivity index (χ1v) is 8.46. The second-order valence-electron chi connectivity index (χ2n) is 7.12. The minimum absolute atomic E-state index is 0.171. The van der Waals surface area contributed by atoms with Gasteiger partial charge in [0.15, 0.2) is 0 Å². The van der Waals surface area contributed by atoms with E-state index in [1.54, 1.807) is 12.4 Å². The van der Waals surface area contributed by atoms with Gasteiger partial charge in [-0.05, 0) is 37.1 Å². The van der Waals surface area contributed by atoms with Gasteiger partial charge in [-0.2, -0.15) is 0 Å². The second-order valence-corrected chi connectivity index (χ2v) is 7.12. The normalized spacial score (nSPS) is 12.5. The standard InChI is InChI=1S/C20H27N3O2/c1-14-9-15(2)11-16(10-14)18(24)12-22-19(25)23-13-20(3,4)17-5-7-21-8-6-17/h5-11,18,24H,12-13H2,1-4H3,(H2,22,23,25). The largest absolute Gasteiger partial charge is 0.387 e. The molecule has 25 heavy (non-hydrogen) atoms. The lowest BCUT2D eigenvalue weighted by Crippen LogP contribution is -2.43. The van der Waals surface area contributed by atoms with Crippen molar-refractivity contribution >= 4 is 6.03 Å². The molecule has 1 aromatic heterocycles. The maximum absolute atomic E-state index is 12.0. The molecule has 2 rings (SSSR count). The van der Waals surface area contributed by atoms with Crippen LogP contribution in [0.15, 0.2) is 42.7 Å². The van der Waals surface area contributed by atoms with Crippen LogP contribution in [0.25, 0.3) is 0 Å². The van der Waals surface area contributed by atoms with Gasteiger partial charge in [0.1, 0.15) is 0 Å². The topological polar surface area (TPSA) is 74.2 Å². The molecule has 0 fully saturated rings. The summed E-state index contributed by atoms with van der Waals surface area (Å²) in [7, 11) is 0. The molecule has 134 valence electrons. The summed E-state index contributed by atoms with van der Waals surface area (Å²) in [6, 6.07) is 9.53. The first-order chi connectivity index (χ1) is 11.8. The summed E-state index contributed by atoms with van der Waals surface area (Å²) in [6.07, 6.45) is 2.77. The quantitative estimate of drug-likeness (QED) is 0.756. The van der Waals surface area contributed by atoms with E-state index in [4.69, 9.17) is 0 Å². The van der Waals surface area contributed by atoms with Crippen LogP contribution in [0.3, 0.4) is 0 Å². The lowest BCUT2D eigenvalue weighted by Gasteiger charge is -2.25. The number of benzene rings is 1. The summed E-state index contributed by atoms with van der Waals surface area (Å²) >= 11 is 0. The highest BCUT2D eigenvalue weighted by molar-refractivity contribution is 5.74. The molecule has 0 saturated carbocycles. The fourth-order valence-corrected chi connectivity index (χ4v) is 2.78. The molecular weight excluding hydrogens is 314 g/mol. The highest BCUT2D eigenvalue weighted by Crippen LogP contribution is 2.21. The zero-order valence-electron chi connectivity index (χ0n) is 15.3. The highest BCUT2D eigenvalue weighted by atomic mass is 16.3. The number of aromatic nitrogens is 1. The average molecular weight is 341 g/mol. The Morgan fingerprint density at radius 2 is 1.72 bits per heavy atom. The van der Waals surface area contributed by atoms with Crippen LogP contribution in [-0.4, -0.2) is 29.2 Å². The molecule has 3 N–H and O–H groups in total. The lowest BCUT2D eigenvalue weighted by molar-refractivity contribution is 0.172. The number of aryl methyl sites for hydroxylation is 2. The van der Waals surface area contributed by atoms with E-state index in [0.717, 1.165) is 22.3 Å². The van der Waals surface area contributed by atoms with Gasteiger partial charge in [-0.1, -0.05) is 43.2 Å². The summed E-state index contributed by atoms with van der Waals surface area (Å²) < 4.78 is 0. The predicted octanol–water partition coefficient (Wildman–Crippen LogP) is 3.01. The number of nitrogens with one attached hydrogen (secondary N) is 2. The van der Waals surface area contributed by atoms with Gasteiger partial charge in [-0.3, -0.25) is 4.98 Å². The van der Waals surface area contributed by atoms with E-state index < -0.39 is 6.10 Å². The summed E-state index contributed by atoms with van der Waals surface area (Å²) in [5.74, 6) is 0. The SMILES string of the molecule is Cc1cc(C)cc(C(O)CNC(=O)NCC(C)(C)c2ccncc2)c1. The Bertz CT molecular complexity index is 694. The lowest BCUT2D eigenvalue weighted by atomic mass is 9.85. The van der Waals surface area contributed by atoms with Crippen LogP contribution >= 0.6 is 0 Å². The van der Waals surface area contributed by atoms with E-state index in [0.29, 0.717) is 6.54 Å². The van der Waals surface area contributed by atoms with Gasteiger partial charge in [-0.15, -0.1) is 0 Å². The minimum Gasteiger partial charge on any atom is -0.387 e. The summed E-state index contributed by atoms with van der Waals surface area (Å²) in [5.41, 5.74) is 3.91. The Kier molecular flexibility index (Phi) is 6.15. The summed E-state index contributed by atoms with van der Waals surface area (Å²) in [5, 5.41) is 15.9. The van der Waals surface area contributed by atoms with Gasteiger partial charge in [0.2, 0.25) is 0 Å². The molecule has 0 saturated heterocycles. The first kappa shape index (κ1) is 18.9. The van der Waals surface area contributed by atoms with Crippen molar-refractivity contribution in [1.82, 2.24) is 15.6 Å². The number of hydrogen-bond donors (Lipinski definition) is 3. The number of nitrogens with zero attached hydrogens (tertiary/aromatic N) is 1. The number of carbonyl (C=O) groups is 1. The van der Waals surface area contributed by atoms with Gasteiger partial charge in [0.25, 0.3) is 0 Å². The molecule has 1 aromatic carbocycles. The molecule has 0 bridgehead atoms. The van der Waals surface area contributed by atoms with Crippen molar-refractivity contribution in [3.05, 3.63) is 65.0 Å². The monoisotopic (exact) mass is 341 g/mol. The molecule has 2 amide bonds.